The molecule has 11 heteroatoms. The largest absolute Gasteiger partial charge is 0.471 e. The number of alkyl halides is 3. The number of benzene rings is 1. The second kappa shape index (κ2) is 7.30. The number of hydrogen-bond donors (Lipinski definition) is 1. The number of nitrogens with zero attached hydrogens (tertiary/aromatic N) is 3. The Morgan fingerprint density at radius 3 is 2.44 bits per heavy atom. The lowest BCUT2D eigenvalue weighted by Gasteiger charge is -2.13. The van der Waals surface area contributed by atoms with E-state index in [1.165, 1.54) is 26.3 Å². The average Bonchev–Trinajstić information content (AvgIpc) is 3.09. The van der Waals surface area contributed by atoms with E-state index in [4.69, 9.17) is 0 Å². The van der Waals surface area contributed by atoms with Gasteiger partial charge in [0.2, 0.25) is 5.82 Å². The standard InChI is InChI=1S/C14H13F3N4O4/c1-21(24-2)12(23)11(22)18-7-8-3-5-9(6-4-8)10-19-13(25-20-10)14(15,16)17/h3-6H,7H2,1-2H3,(H,18,22). The maximum atomic E-state index is 12.4. The molecular formula is C14H13F3N4O4. The van der Waals surface area contributed by atoms with E-state index in [9.17, 15) is 22.8 Å². The van der Waals surface area contributed by atoms with E-state index in [0.717, 1.165) is 5.06 Å². The van der Waals surface area contributed by atoms with Crippen LogP contribution in [0, 0.1) is 0 Å². The summed E-state index contributed by atoms with van der Waals surface area (Å²) < 4.78 is 41.4. The summed E-state index contributed by atoms with van der Waals surface area (Å²) in [6.45, 7) is 0.0441. The van der Waals surface area contributed by atoms with E-state index in [1.54, 1.807) is 12.1 Å². The van der Waals surface area contributed by atoms with Crippen molar-refractivity contribution in [2.45, 2.75) is 12.7 Å². The highest BCUT2D eigenvalue weighted by Gasteiger charge is 2.38. The zero-order valence-electron chi connectivity index (χ0n) is 13.1. The van der Waals surface area contributed by atoms with Gasteiger partial charge in [0.25, 0.3) is 0 Å². The Hall–Kier alpha value is -2.95. The van der Waals surface area contributed by atoms with E-state index in [-0.39, 0.29) is 12.4 Å². The van der Waals surface area contributed by atoms with Crippen LogP contribution in [-0.2, 0) is 27.1 Å². The second-order valence-electron chi connectivity index (χ2n) is 4.79. The highest BCUT2D eigenvalue weighted by molar-refractivity contribution is 6.34. The molecular weight excluding hydrogens is 345 g/mol. The number of rotatable bonds is 4. The summed E-state index contributed by atoms with van der Waals surface area (Å²) in [4.78, 5) is 30.9. The minimum atomic E-state index is -4.71. The van der Waals surface area contributed by atoms with Gasteiger partial charge in [0, 0.05) is 19.2 Å². The average molecular weight is 358 g/mol. The molecule has 2 aromatic rings. The third kappa shape index (κ3) is 4.53. The van der Waals surface area contributed by atoms with Crippen LogP contribution in [0.25, 0.3) is 11.4 Å². The number of hydrogen-bond acceptors (Lipinski definition) is 6. The summed E-state index contributed by atoms with van der Waals surface area (Å²) in [7, 11) is 2.53. The smallest absolute Gasteiger partial charge is 0.344 e. The zero-order valence-corrected chi connectivity index (χ0v) is 13.1. The SMILES string of the molecule is CON(C)C(=O)C(=O)NCc1ccc(-c2noc(C(F)(F)F)n2)cc1. The minimum absolute atomic E-state index is 0.0441. The minimum Gasteiger partial charge on any atom is -0.344 e. The van der Waals surface area contributed by atoms with Crippen molar-refractivity contribution < 1.29 is 32.1 Å². The van der Waals surface area contributed by atoms with Crippen molar-refractivity contribution in [3.63, 3.8) is 0 Å². The fraction of sp³-hybridized carbons (Fsp3) is 0.286. The van der Waals surface area contributed by atoms with Crippen LogP contribution in [0.5, 0.6) is 0 Å². The number of carbonyl (C=O) groups excluding carboxylic acids is 2. The van der Waals surface area contributed by atoms with Crippen molar-refractivity contribution in [2.75, 3.05) is 14.2 Å². The normalized spacial score (nSPS) is 11.2. The summed E-state index contributed by atoms with van der Waals surface area (Å²) in [5.41, 5.74) is 0.925. The Labute approximate surface area is 139 Å². The first-order chi connectivity index (χ1) is 11.7. The van der Waals surface area contributed by atoms with Crippen LogP contribution < -0.4 is 5.32 Å². The predicted octanol–water partition coefficient (Wildman–Crippen LogP) is 1.39. The Morgan fingerprint density at radius 2 is 1.92 bits per heavy atom. The summed E-state index contributed by atoms with van der Waals surface area (Å²) in [6, 6.07) is 6.03. The molecule has 0 radical (unpaired) electrons. The van der Waals surface area contributed by atoms with Gasteiger partial charge in [0.15, 0.2) is 0 Å². The molecule has 2 rings (SSSR count). The van der Waals surface area contributed by atoms with Crippen molar-refractivity contribution in [1.82, 2.24) is 20.5 Å². The number of aromatic nitrogens is 2. The predicted molar refractivity (Wildman–Crippen MR) is 76.4 cm³/mol. The van der Waals surface area contributed by atoms with Crippen molar-refractivity contribution in [3.05, 3.63) is 35.7 Å². The van der Waals surface area contributed by atoms with Crippen LogP contribution in [0.15, 0.2) is 28.8 Å². The summed E-state index contributed by atoms with van der Waals surface area (Å²) in [5, 5.41) is 6.43. The number of likely N-dealkylation sites (N-methyl/N-ethyl adjacent to an activating group) is 1. The van der Waals surface area contributed by atoms with E-state index in [1.807, 2.05) is 0 Å². The number of halogens is 3. The molecule has 2 amide bonds. The maximum Gasteiger partial charge on any atom is 0.471 e. The van der Waals surface area contributed by atoms with E-state index in [2.05, 4.69) is 24.8 Å². The molecule has 134 valence electrons. The maximum absolute atomic E-state index is 12.4. The molecule has 8 nitrogen and oxygen atoms in total. The Kier molecular flexibility index (Phi) is 5.37. The molecule has 25 heavy (non-hydrogen) atoms. The van der Waals surface area contributed by atoms with E-state index >= 15 is 0 Å². The Bertz CT molecular complexity index is 758. The Morgan fingerprint density at radius 1 is 1.28 bits per heavy atom. The molecule has 0 aliphatic rings. The van der Waals surface area contributed by atoms with Gasteiger partial charge in [-0.3, -0.25) is 14.4 Å². The summed E-state index contributed by atoms with van der Waals surface area (Å²) in [5.74, 6) is -3.37. The molecule has 0 aliphatic carbocycles. The number of amides is 2. The van der Waals surface area contributed by atoms with Gasteiger partial charge in [-0.1, -0.05) is 29.4 Å². The molecule has 0 saturated carbocycles. The van der Waals surface area contributed by atoms with Crippen LogP contribution >= 0.6 is 0 Å². The van der Waals surface area contributed by atoms with Crippen LogP contribution in [0.1, 0.15) is 11.5 Å². The molecule has 0 atom stereocenters. The van der Waals surface area contributed by atoms with Gasteiger partial charge < -0.3 is 9.84 Å². The van der Waals surface area contributed by atoms with E-state index < -0.39 is 23.9 Å². The lowest BCUT2D eigenvalue weighted by molar-refractivity contribution is -0.173. The molecule has 0 saturated heterocycles. The fourth-order valence-corrected chi connectivity index (χ4v) is 1.71. The molecule has 0 bridgehead atoms. The third-order valence-corrected chi connectivity index (χ3v) is 3.09. The zero-order chi connectivity index (χ0) is 18.6. The van der Waals surface area contributed by atoms with Crippen molar-refractivity contribution >= 4 is 11.8 Å². The van der Waals surface area contributed by atoms with Gasteiger partial charge in [-0.05, 0) is 5.56 Å². The number of nitrogens with one attached hydrogen (secondary N) is 1. The van der Waals surface area contributed by atoms with Crippen molar-refractivity contribution in [2.24, 2.45) is 0 Å². The van der Waals surface area contributed by atoms with E-state index in [0.29, 0.717) is 11.1 Å². The highest BCUT2D eigenvalue weighted by Crippen LogP contribution is 2.29. The number of hydroxylamine groups is 2. The highest BCUT2D eigenvalue weighted by atomic mass is 19.4. The molecule has 1 N–H and O–H groups in total. The summed E-state index contributed by atoms with van der Waals surface area (Å²) >= 11 is 0. The molecule has 1 aromatic heterocycles. The van der Waals surface area contributed by atoms with Gasteiger partial charge in [0.05, 0.1) is 7.11 Å². The monoisotopic (exact) mass is 358 g/mol. The van der Waals surface area contributed by atoms with Crippen molar-refractivity contribution in [1.29, 1.82) is 0 Å². The van der Waals surface area contributed by atoms with Gasteiger partial charge in [0.1, 0.15) is 0 Å². The molecule has 0 spiro atoms. The fourth-order valence-electron chi connectivity index (χ4n) is 1.71. The third-order valence-electron chi connectivity index (χ3n) is 3.09. The first kappa shape index (κ1) is 18.4. The van der Waals surface area contributed by atoms with Gasteiger partial charge in [-0.15, -0.1) is 0 Å². The first-order valence-corrected chi connectivity index (χ1v) is 6.82. The Balaban J connectivity index is 1.99. The molecule has 0 unspecified atom stereocenters. The first-order valence-electron chi connectivity index (χ1n) is 6.82. The van der Waals surface area contributed by atoms with Crippen LogP contribution in [0.3, 0.4) is 0 Å². The topological polar surface area (TPSA) is 97.6 Å². The van der Waals surface area contributed by atoms with Gasteiger partial charge in [-0.2, -0.15) is 18.2 Å². The molecule has 1 aromatic carbocycles. The lowest BCUT2D eigenvalue weighted by Crippen LogP contribution is -2.40. The van der Waals surface area contributed by atoms with Crippen LogP contribution in [-0.4, -0.2) is 41.2 Å². The lowest BCUT2D eigenvalue weighted by atomic mass is 10.1. The molecule has 1 heterocycles. The summed E-state index contributed by atoms with van der Waals surface area (Å²) in [6.07, 6.45) is -4.71. The quantitative estimate of drug-likeness (QED) is 0.655. The number of carbonyl (C=O) groups is 2. The molecule has 0 fully saturated rings. The second-order valence-corrected chi connectivity index (χ2v) is 4.79. The molecule has 0 aliphatic heterocycles. The van der Waals surface area contributed by atoms with Crippen molar-refractivity contribution in [3.8, 4) is 11.4 Å². The van der Waals surface area contributed by atoms with Gasteiger partial charge in [-0.25, -0.2) is 5.06 Å². The van der Waals surface area contributed by atoms with Crippen LogP contribution in [0.2, 0.25) is 0 Å². The van der Waals surface area contributed by atoms with Gasteiger partial charge >= 0.3 is 23.9 Å². The van der Waals surface area contributed by atoms with Crippen LogP contribution in [0.4, 0.5) is 13.2 Å².